The minimum absolute atomic E-state index is 0. The third-order valence-electron chi connectivity index (χ3n) is 0.388. The van der Waals surface area contributed by atoms with Crippen LogP contribution in [-0.4, -0.2) is 57.5 Å². The molecule has 0 rings (SSSR count). The predicted octanol–water partition coefficient (Wildman–Crippen LogP) is -1.92. The fourth-order valence-corrected chi connectivity index (χ4v) is 0.0915. The fourth-order valence-electron chi connectivity index (χ4n) is 0.0915. The molecule has 0 radical (unpaired) electrons. The van der Waals surface area contributed by atoms with E-state index in [-0.39, 0.29) is 29.6 Å². The topological polar surface area (TPSA) is 91.7 Å². The molecule has 0 fully saturated rings. The zero-order chi connectivity index (χ0) is 6.73. The Morgan fingerprint density at radius 2 is 1.11 bits per heavy atom. The second kappa shape index (κ2) is 4.49. The van der Waals surface area contributed by atoms with Crippen molar-refractivity contribution in [3.8, 4) is 0 Å². The Balaban J connectivity index is 0. The van der Waals surface area contributed by atoms with Crippen molar-refractivity contribution >= 4 is 47.3 Å². The Hall–Kier alpha value is -0.390. The van der Waals surface area contributed by atoms with Crippen LogP contribution < -0.4 is 0 Å². The number of hydrogen-bond acceptors (Lipinski definition) is 3. The van der Waals surface area contributed by atoms with Crippen LogP contribution in [0.15, 0.2) is 0 Å². The van der Waals surface area contributed by atoms with Crippen molar-refractivity contribution in [2.24, 2.45) is 0 Å². The van der Waals surface area contributed by atoms with E-state index in [2.05, 4.69) is 0 Å². The van der Waals surface area contributed by atoms with Gasteiger partial charge in [-0.1, -0.05) is 0 Å². The Kier molecular flexibility index (Phi) is 5.69. The van der Waals surface area contributed by atoms with Gasteiger partial charge < -0.3 is 10.2 Å². The first-order valence-electron chi connectivity index (χ1n) is 1.56. The molecule has 0 aliphatic rings. The van der Waals surface area contributed by atoms with Gasteiger partial charge in [-0.3, -0.25) is 4.79 Å². The molecule has 0 aromatic heterocycles. The summed E-state index contributed by atoms with van der Waals surface area (Å²) in [5.74, 6) is -5.71. The molecule has 46 valence electrons. The Labute approximate surface area is 72.0 Å². The number of carbonyl (C=O) groups is 3. The third-order valence-corrected chi connectivity index (χ3v) is 0.388. The maximum absolute atomic E-state index is 9.64. The predicted molar refractivity (Wildman–Crippen MR) is 27.4 cm³/mol. The zero-order valence-electron chi connectivity index (χ0n) is 3.62. The number of aliphatic carboxylic acids is 2. The van der Waals surface area contributed by atoms with Gasteiger partial charge in [0.2, 0.25) is 0 Å². The molecule has 0 amide bonds. The molecule has 0 aromatic rings. The number of carboxylic acid groups (broad SMARTS) is 2. The van der Waals surface area contributed by atoms with Gasteiger partial charge in [-0.05, 0) is 0 Å². The summed E-state index contributed by atoms with van der Waals surface area (Å²) in [4.78, 5) is 28.5. The van der Waals surface area contributed by atoms with Crippen molar-refractivity contribution in [3.63, 3.8) is 0 Å². The molecule has 6 heteroatoms. The number of carboxylic acids is 2. The van der Waals surface area contributed by atoms with E-state index >= 15 is 0 Å². The van der Waals surface area contributed by atoms with Gasteiger partial charge in [-0.2, -0.15) is 0 Å². The number of rotatable bonds is 2. The van der Waals surface area contributed by atoms with Crippen LogP contribution >= 0.6 is 0 Å². The molecule has 0 saturated carbocycles. The van der Waals surface area contributed by atoms with Crippen LogP contribution in [0.3, 0.4) is 0 Å². The second-order valence-corrected chi connectivity index (χ2v) is 0.939. The summed E-state index contributed by atoms with van der Waals surface area (Å²) in [6, 6.07) is 0. The van der Waals surface area contributed by atoms with Gasteiger partial charge in [-0.15, -0.1) is 0 Å². The average Bonchev–Trinajstić information content (AvgIpc) is 1.64. The van der Waals surface area contributed by atoms with E-state index in [1.54, 1.807) is 0 Å². The van der Waals surface area contributed by atoms with Crippen LogP contribution in [0.4, 0.5) is 0 Å². The Morgan fingerprint density at radius 1 is 0.889 bits per heavy atom. The second-order valence-electron chi connectivity index (χ2n) is 0.939. The van der Waals surface area contributed by atoms with Crippen molar-refractivity contribution in [1.29, 1.82) is 0 Å². The van der Waals surface area contributed by atoms with E-state index in [9.17, 15) is 14.4 Å². The molecule has 2 N–H and O–H groups in total. The van der Waals surface area contributed by atoms with Gasteiger partial charge in [0.1, 0.15) is 0 Å². The van der Waals surface area contributed by atoms with Gasteiger partial charge >= 0.3 is 47.3 Å². The summed E-state index contributed by atoms with van der Waals surface area (Å²) in [5, 5.41) is 15.2. The van der Waals surface area contributed by atoms with E-state index in [4.69, 9.17) is 10.2 Å². The van der Waals surface area contributed by atoms with Gasteiger partial charge in [0.15, 0.2) is 0 Å². The van der Waals surface area contributed by atoms with Crippen LogP contribution in [0.5, 0.6) is 0 Å². The summed E-state index contributed by atoms with van der Waals surface area (Å²) in [5.41, 5.74) is 0. The van der Waals surface area contributed by atoms with E-state index in [1.165, 1.54) is 0 Å². The first-order valence-corrected chi connectivity index (χ1v) is 1.56. The van der Waals surface area contributed by atoms with Crippen LogP contribution in [0.25, 0.3) is 0 Å². The summed E-state index contributed by atoms with van der Waals surface area (Å²) >= 11 is 0. The molecular weight excluding hydrogens is 139 g/mol. The van der Waals surface area contributed by atoms with Crippen LogP contribution in [-0.2, 0) is 14.4 Å². The van der Waals surface area contributed by atoms with E-state index < -0.39 is 17.7 Å². The quantitative estimate of drug-likeness (QED) is 0.266. The number of Topliss-reactive ketones (excluding diaryl/α,β-unsaturated/α-hetero) is 1. The summed E-state index contributed by atoms with van der Waals surface area (Å²) < 4.78 is 0. The Bertz CT molecular complexity index is 134. The molecule has 0 aromatic carbocycles. The van der Waals surface area contributed by atoms with Gasteiger partial charge in [0.05, 0.1) is 0 Å². The number of carbonyl (C=O) groups excluding carboxylic acids is 1. The molecule has 0 saturated heterocycles. The molecule has 0 bridgehead atoms. The monoisotopic (exact) mass is 142 g/mol. The van der Waals surface area contributed by atoms with Crippen molar-refractivity contribution in [1.82, 2.24) is 0 Å². The number of hydrogen-bond donors (Lipinski definition) is 2. The van der Waals surface area contributed by atoms with Crippen molar-refractivity contribution < 1.29 is 24.6 Å². The zero-order valence-corrected chi connectivity index (χ0v) is 3.62. The van der Waals surface area contributed by atoms with Gasteiger partial charge in [-0.25, -0.2) is 9.59 Å². The molecule has 0 spiro atoms. The minimum atomic E-state index is -1.95. The fraction of sp³-hybridized carbons (Fsp3) is 0. The molecular formula is C3H3NaO5. The van der Waals surface area contributed by atoms with Crippen molar-refractivity contribution in [2.75, 3.05) is 0 Å². The van der Waals surface area contributed by atoms with Crippen molar-refractivity contribution in [3.05, 3.63) is 0 Å². The maximum atomic E-state index is 9.64. The first kappa shape index (κ1) is 11.4. The molecule has 9 heavy (non-hydrogen) atoms. The molecule has 0 unspecified atom stereocenters. The average molecular weight is 142 g/mol. The van der Waals surface area contributed by atoms with E-state index in [1.807, 2.05) is 0 Å². The van der Waals surface area contributed by atoms with Crippen molar-refractivity contribution in [2.45, 2.75) is 0 Å². The molecule has 0 aliphatic heterocycles. The van der Waals surface area contributed by atoms with Crippen LogP contribution in [0, 0.1) is 0 Å². The van der Waals surface area contributed by atoms with E-state index in [0.717, 1.165) is 0 Å². The van der Waals surface area contributed by atoms with Crippen LogP contribution in [0.1, 0.15) is 0 Å². The third kappa shape index (κ3) is 4.14. The van der Waals surface area contributed by atoms with Crippen LogP contribution in [0.2, 0.25) is 0 Å². The molecule has 0 atom stereocenters. The Morgan fingerprint density at radius 3 is 1.11 bits per heavy atom. The first-order chi connectivity index (χ1) is 3.55. The van der Waals surface area contributed by atoms with E-state index in [0.29, 0.717) is 0 Å². The van der Waals surface area contributed by atoms with Gasteiger partial charge in [0.25, 0.3) is 0 Å². The normalized spacial score (nSPS) is 7.11. The molecule has 0 heterocycles. The molecule has 0 aliphatic carbocycles. The van der Waals surface area contributed by atoms with Gasteiger partial charge in [0, 0.05) is 0 Å². The molecule has 5 nitrogen and oxygen atoms in total. The summed E-state index contributed by atoms with van der Waals surface area (Å²) in [7, 11) is 0. The number of ketones is 1. The SMILES string of the molecule is O=C(O)C(=O)C(=O)O.[NaH]. The summed E-state index contributed by atoms with van der Waals surface area (Å²) in [6.45, 7) is 0. The summed E-state index contributed by atoms with van der Waals surface area (Å²) in [6.07, 6.45) is 0. The standard InChI is InChI=1S/C3H2O5.Na.H/c4-1(2(5)6)3(7)8;;/h(H,5,6)(H,7,8);;.